The highest BCUT2D eigenvalue weighted by Crippen LogP contribution is 2.18. The third kappa shape index (κ3) is 2.73. The first kappa shape index (κ1) is 12.3. The normalized spacial score (nSPS) is 18.4. The minimum Gasteiger partial charge on any atom is -0.353 e. The second-order valence-corrected chi connectivity index (χ2v) is 5.07. The average Bonchev–Trinajstić information content (AvgIpc) is 2.40. The highest BCUT2D eigenvalue weighted by Gasteiger charge is 2.28. The number of hydrogen-bond donors (Lipinski definition) is 1. The third-order valence-corrected chi connectivity index (χ3v) is 3.52. The summed E-state index contributed by atoms with van der Waals surface area (Å²) < 4.78 is 0. The summed E-state index contributed by atoms with van der Waals surface area (Å²) in [6.45, 7) is 9.12. The molecule has 1 aliphatic heterocycles. The predicted molar refractivity (Wildman–Crippen MR) is 69.0 cm³/mol. The van der Waals surface area contributed by atoms with E-state index < -0.39 is 0 Å². The number of nitrogens with zero attached hydrogens (tertiary/aromatic N) is 4. The second-order valence-electron chi connectivity index (χ2n) is 5.07. The molecule has 0 atom stereocenters. The fourth-order valence-corrected chi connectivity index (χ4v) is 2.13. The molecule has 0 aromatic carbocycles. The van der Waals surface area contributed by atoms with Gasteiger partial charge in [-0.05, 0) is 26.0 Å². The van der Waals surface area contributed by atoms with Crippen LogP contribution in [0.2, 0.25) is 0 Å². The van der Waals surface area contributed by atoms with Crippen LogP contribution >= 0.6 is 0 Å². The first-order valence-corrected chi connectivity index (χ1v) is 6.11. The Balaban J connectivity index is 1.95. The van der Waals surface area contributed by atoms with Gasteiger partial charge in [-0.25, -0.2) is 0 Å². The molecule has 0 radical (unpaired) electrons. The van der Waals surface area contributed by atoms with E-state index in [1.165, 1.54) is 0 Å². The van der Waals surface area contributed by atoms with Crippen LogP contribution in [0.4, 0.5) is 5.82 Å². The number of nitrogens with two attached hydrogens (primary N) is 1. The average molecular weight is 235 g/mol. The Morgan fingerprint density at radius 2 is 2.00 bits per heavy atom. The molecule has 0 bridgehead atoms. The van der Waals surface area contributed by atoms with Gasteiger partial charge in [-0.1, -0.05) is 0 Å². The van der Waals surface area contributed by atoms with Gasteiger partial charge in [-0.2, -0.15) is 5.10 Å². The van der Waals surface area contributed by atoms with E-state index in [9.17, 15) is 0 Å². The van der Waals surface area contributed by atoms with Crippen molar-refractivity contribution in [1.29, 1.82) is 0 Å². The van der Waals surface area contributed by atoms with Crippen LogP contribution in [0.25, 0.3) is 0 Å². The molecule has 0 unspecified atom stereocenters. The van der Waals surface area contributed by atoms with Gasteiger partial charge in [-0.15, -0.1) is 5.10 Å². The van der Waals surface area contributed by atoms with E-state index in [4.69, 9.17) is 5.73 Å². The monoisotopic (exact) mass is 235 g/mol. The SMILES string of the molecule is CC(C)(CN)N1CCN(c2cccnn2)CC1. The molecular formula is C12H21N5. The molecule has 0 aliphatic carbocycles. The van der Waals surface area contributed by atoms with Gasteiger partial charge in [0.2, 0.25) is 0 Å². The smallest absolute Gasteiger partial charge is 0.151 e. The van der Waals surface area contributed by atoms with Gasteiger partial charge in [0, 0.05) is 44.5 Å². The van der Waals surface area contributed by atoms with Crippen LogP contribution in [0.15, 0.2) is 18.3 Å². The quantitative estimate of drug-likeness (QED) is 0.818. The van der Waals surface area contributed by atoms with Crippen LogP contribution < -0.4 is 10.6 Å². The summed E-state index contributed by atoms with van der Waals surface area (Å²) in [7, 11) is 0. The summed E-state index contributed by atoms with van der Waals surface area (Å²) in [5, 5.41) is 8.06. The van der Waals surface area contributed by atoms with E-state index in [1.807, 2.05) is 12.1 Å². The van der Waals surface area contributed by atoms with Crippen LogP contribution in [0.5, 0.6) is 0 Å². The fourth-order valence-electron chi connectivity index (χ4n) is 2.13. The molecule has 1 aliphatic rings. The summed E-state index contributed by atoms with van der Waals surface area (Å²) in [4.78, 5) is 4.72. The molecule has 0 amide bonds. The highest BCUT2D eigenvalue weighted by atomic mass is 15.3. The summed E-state index contributed by atoms with van der Waals surface area (Å²) in [6.07, 6.45) is 1.71. The summed E-state index contributed by atoms with van der Waals surface area (Å²) in [6, 6.07) is 3.94. The van der Waals surface area contributed by atoms with Crippen molar-refractivity contribution in [3.05, 3.63) is 18.3 Å². The summed E-state index contributed by atoms with van der Waals surface area (Å²) in [5.41, 5.74) is 5.90. The molecule has 1 fully saturated rings. The zero-order valence-electron chi connectivity index (χ0n) is 10.6. The molecule has 2 N–H and O–H groups in total. The van der Waals surface area contributed by atoms with E-state index in [0.717, 1.165) is 32.0 Å². The van der Waals surface area contributed by atoms with E-state index in [1.54, 1.807) is 6.20 Å². The van der Waals surface area contributed by atoms with Gasteiger partial charge >= 0.3 is 0 Å². The van der Waals surface area contributed by atoms with E-state index in [-0.39, 0.29) is 5.54 Å². The van der Waals surface area contributed by atoms with Crippen molar-refractivity contribution in [2.24, 2.45) is 5.73 Å². The molecule has 1 aromatic heterocycles. The molecule has 5 heteroatoms. The maximum Gasteiger partial charge on any atom is 0.151 e. The van der Waals surface area contributed by atoms with Crippen molar-refractivity contribution in [3.8, 4) is 0 Å². The van der Waals surface area contributed by atoms with Crippen LogP contribution in [-0.2, 0) is 0 Å². The maximum absolute atomic E-state index is 5.81. The lowest BCUT2D eigenvalue weighted by molar-refractivity contribution is 0.119. The Kier molecular flexibility index (Phi) is 3.59. The Morgan fingerprint density at radius 1 is 1.29 bits per heavy atom. The molecule has 94 valence electrons. The molecule has 1 aromatic rings. The maximum atomic E-state index is 5.81. The van der Waals surface area contributed by atoms with Crippen molar-refractivity contribution in [2.45, 2.75) is 19.4 Å². The number of anilines is 1. The first-order chi connectivity index (χ1) is 8.13. The van der Waals surface area contributed by atoms with Crippen molar-refractivity contribution >= 4 is 5.82 Å². The van der Waals surface area contributed by atoms with Gasteiger partial charge in [0.25, 0.3) is 0 Å². The van der Waals surface area contributed by atoms with Crippen LogP contribution in [0.3, 0.4) is 0 Å². The van der Waals surface area contributed by atoms with E-state index in [2.05, 4.69) is 33.8 Å². The fraction of sp³-hybridized carbons (Fsp3) is 0.667. The van der Waals surface area contributed by atoms with E-state index >= 15 is 0 Å². The van der Waals surface area contributed by atoms with Crippen LogP contribution in [0, 0.1) is 0 Å². The minimum atomic E-state index is 0.0917. The lowest BCUT2D eigenvalue weighted by atomic mass is 10.0. The van der Waals surface area contributed by atoms with Gasteiger partial charge in [-0.3, -0.25) is 4.90 Å². The lowest BCUT2D eigenvalue weighted by Gasteiger charge is -2.43. The Morgan fingerprint density at radius 3 is 2.53 bits per heavy atom. The number of piperazine rings is 1. The Labute approximate surface area is 103 Å². The summed E-state index contributed by atoms with van der Waals surface area (Å²) >= 11 is 0. The van der Waals surface area contributed by atoms with E-state index in [0.29, 0.717) is 6.54 Å². The topological polar surface area (TPSA) is 58.3 Å². The first-order valence-electron chi connectivity index (χ1n) is 6.11. The zero-order chi connectivity index (χ0) is 12.3. The zero-order valence-corrected chi connectivity index (χ0v) is 10.6. The second kappa shape index (κ2) is 4.98. The van der Waals surface area contributed by atoms with Crippen molar-refractivity contribution in [3.63, 3.8) is 0 Å². The predicted octanol–water partition coefficient (Wildman–Crippen LogP) is 0.336. The van der Waals surface area contributed by atoms with Gasteiger partial charge in [0.15, 0.2) is 5.82 Å². The molecule has 0 saturated carbocycles. The molecule has 2 heterocycles. The van der Waals surface area contributed by atoms with Crippen molar-refractivity contribution < 1.29 is 0 Å². The van der Waals surface area contributed by atoms with Gasteiger partial charge < -0.3 is 10.6 Å². The Bertz CT molecular complexity index is 343. The Hall–Kier alpha value is -1.20. The van der Waals surface area contributed by atoms with Gasteiger partial charge in [0.1, 0.15) is 0 Å². The third-order valence-electron chi connectivity index (χ3n) is 3.52. The van der Waals surface area contributed by atoms with Crippen LogP contribution in [0.1, 0.15) is 13.8 Å². The van der Waals surface area contributed by atoms with Crippen molar-refractivity contribution in [2.75, 3.05) is 37.6 Å². The van der Waals surface area contributed by atoms with Crippen molar-refractivity contribution in [1.82, 2.24) is 15.1 Å². The molecule has 5 nitrogen and oxygen atoms in total. The van der Waals surface area contributed by atoms with Crippen LogP contribution in [-0.4, -0.2) is 53.4 Å². The van der Waals surface area contributed by atoms with Gasteiger partial charge in [0.05, 0.1) is 0 Å². The highest BCUT2D eigenvalue weighted by molar-refractivity contribution is 5.36. The number of rotatable bonds is 3. The number of aromatic nitrogens is 2. The minimum absolute atomic E-state index is 0.0917. The molecular weight excluding hydrogens is 214 g/mol. The molecule has 17 heavy (non-hydrogen) atoms. The summed E-state index contributed by atoms with van der Waals surface area (Å²) in [5.74, 6) is 0.970. The number of hydrogen-bond acceptors (Lipinski definition) is 5. The molecule has 1 saturated heterocycles. The molecule has 0 spiro atoms. The largest absolute Gasteiger partial charge is 0.353 e. The molecule has 2 rings (SSSR count). The standard InChI is InChI=1S/C12H21N5/c1-12(2,10-13)17-8-6-16(7-9-17)11-4-3-5-14-15-11/h3-5H,6-10,13H2,1-2H3. The lowest BCUT2D eigenvalue weighted by Crippen LogP contribution is -2.57.